The fraction of sp³-hybridized carbons (Fsp3) is 0.444. The summed E-state index contributed by atoms with van der Waals surface area (Å²) in [6, 6.07) is 4.37. The lowest BCUT2D eigenvalue weighted by atomic mass is 9.95. The van der Waals surface area contributed by atoms with Gasteiger partial charge in [0.2, 0.25) is 5.91 Å². The van der Waals surface area contributed by atoms with Crippen LogP contribution < -0.4 is 5.32 Å². The van der Waals surface area contributed by atoms with E-state index in [1.807, 2.05) is 4.90 Å². The zero-order valence-electron chi connectivity index (χ0n) is 22.2. The number of hydrogen-bond donors (Lipinski definition) is 1. The normalized spacial score (nSPS) is 15.8. The van der Waals surface area contributed by atoms with Crippen LogP contribution in [0.4, 0.5) is 10.7 Å². The first-order valence-electron chi connectivity index (χ1n) is 13.2. The third-order valence-corrected chi connectivity index (χ3v) is 9.87. The molecule has 0 spiro atoms. The van der Waals surface area contributed by atoms with Crippen LogP contribution in [0.15, 0.2) is 18.2 Å². The first-order valence-corrected chi connectivity index (χ1v) is 15.2. The molecular weight excluding hydrogens is 576 g/mol. The quantitative estimate of drug-likeness (QED) is 0.219. The maximum absolute atomic E-state index is 13.2. The van der Waals surface area contributed by atoms with Crippen molar-refractivity contribution in [3.63, 3.8) is 0 Å². The number of amides is 2. The van der Waals surface area contributed by atoms with Gasteiger partial charge in [0.1, 0.15) is 9.88 Å². The van der Waals surface area contributed by atoms with Crippen molar-refractivity contribution in [2.75, 3.05) is 38.0 Å². The van der Waals surface area contributed by atoms with Crippen molar-refractivity contribution >= 4 is 72.8 Å². The van der Waals surface area contributed by atoms with Crippen LogP contribution in [0.5, 0.6) is 0 Å². The Labute approximate surface area is 244 Å². The predicted octanol–water partition coefficient (Wildman–Crippen LogP) is 5.36. The summed E-state index contributed by atoms with van der Waals surface area (Å²) < 4.78 is 6.07. The van der Waals surface area contributed by atoms with Gasteiger partial charge in [-0.3, -0.25) is 24.6 Å². The Morgan fingerprint density at radius 3 is 2.55 bits per heavy atom. The molecule has 10 nitrogen and oxygen atoms in total. The number of nitrogens with zero attached hydrogens (tertiary/aromatic N) is 3. The minimum Gasteiger partial charge on any atom is -0.459 e. The van der Waals surface area contributed by atoms with Crippen LogP contribution in [0.2, 0.25) is 5.02 Å². The number of carbonyl (C=O) groups excluding carboxylic acids is 3. The molecule has 5 rings (SSSR count). The van der Waals surface area contributed by atoms with Gasteiger partial charge in [0.05, 0.1) is 28.2 Å². The van der Waals surface area contributed by atoms with Crippen molar-refractivity contribution < 1.29 is 24.0 Å². The minimum atomic E-state index is -0.477. The number of hydrogen-bond acceptors (Lipinski definition) is 9. The number of thiophene rings is 2. The van der Waals surface area contributed by atoms with Gasteiger partial charge in [-0.1, -0.05) is 11.6 Å². The molecular formula is C27H29ClN4O6S2. The van der Waals surface area contributed by atoms with Crippen LogP contribution >= 0.6 is 34.3 Å². The Hall–Kier alpha value is -3.06. The number of rotatable bonds is 7. The largest absolute Gasteiger partial charge is 0.459 e. The van der Waals surface area contributed by atoms with E-state index in [4.69, 9.17) is 16.3 Å². The van der Waals surface area contributed by atoms with Crippen LogP contribution in [0, 0.1) is 10.1 Å². The molecule has 2 amide bonds. The van der Waals surface area contributed by atoms with E-state index in [2.05, 4.69) is 5.32 Å². The number of non-ortho nitro benzene ring substituents is 1. The van der Waals surface area contributed by atoms with E-state index in [9.17, 15) is 24.5 Å². The summed E-state index contributed by atoms with van der Waals surface area (Å²) in [7, 11) is 0. The van der Waals surface area contributed by atoms with Gasteiger partial charge in [-0.25, -0.2) is 4.79 Å². The zero-order valence-corrected chi connectivity index (χ0v) is 24.5. The van der Waals surface area contributed by atoms with E-state index in [0.29, 0.717) is 56.7 Å². The van der Waals surface area contributed by atoms with Crippen LogP contribution in [0.1, 0.15) is 57.2 Å². The Morgan fingerprint density at radius 2 is 1.85 bits per heavy atom. The van der Waals surface area contributed by atoms with E-state index in [0.717, 1.165) is 47.5 Å². The van der Waals surface area contributed by atoms with Crippen molar-refractivity contribution in [2.24, 2.45) is 0 Å². The van der Waals surface area contributed by atoms with Crippen molar-refractivity contribution in [3.05, 3.63) is 54.2 Å². The molecule has 212 valence electrons. The van der Waals surface area contributed by atoms with Crippen LogP contribution in [0.3, 0.4) is 0 Å². The lowest BCUT2D eigenvalue weighted by Gasteiger charge is -2.34. The number of fused-ring (bicyclic) bond motifs is 2. The second-order valence-electron chi connectivity index (χ2n) is 10.2. The van der Waals surface area contributed by atoms with Crippen molar-refractivity contribution in [1.29, 1.82) is 0 Å². The molecule has 2 aliphatic rings. The number of nitro groups is 1. The van der Waals surface area contributed by atoms with Gasteiger partial charge in [-0.2, -0.15) is 0 Å². The number of benzene rings is 1. The molecule has 1 N–H and O–H groups in total. The number of halogens is 1. The molecule has 2 aromatic heterocycles. The van der Waals surface area contributed by atoms with E-state index in [-0.39, 0.29) is 30.2 Å². The van der Waals surface area contributed by atoms with Gasteiger partial charge in [0.25, 0.3) is 11.6 Å². The fourth-order valence-electron chi connectivity index (χ4n) is 5.07. The first kappa shape index (κ1) is 28.5. The molecule has 40 heavy (non-hydrogen) atoms. The van der Waals surface area contributed by atoms with Gasteiger partial charge in [-0.05, 0) is 51.2 Å². The summed E-state index contributed by atoms with van der Waals surface area (Å²) >= 11 is 9.08. The first-order chi connectivity index (χ1) is 19.1. The van der Waals surface area contributed by atoms with E-state index in [1.165, 1.54) is 23.5 Å². The Kier molecular flexibility index (Phi) is 8.41. The maximum Gasteiger partial charge on any atom is 0.341 e. The molecule has 1 saturated heterocycles. The number of aryl methyl sites for hydroxylation is 1. The summed E-state index contributed by atoms with van der Waals surface area (Å²) in [6.07, 6.45) is 3.52. The maximum atomic E-state index is 13.2. The monoisotopic (exact) mass is 604 g/mol. The van der Waals surface area contributed by atoms with Gasteiger partial charge >= 0.3 is 5.97 Å². The topological polar surface area (TPSA) is 122 Å². The Morgan fingerprint density at radius 1 is 1.12 bits per heavy atom. The average Bonchev–Trinajstić information content (AvgIpc) is 3.44. The van der Waals surface area contributed by atoms with Gasteiger partial charge in [-0.15, -0.1) is 22.7 Å². The van der Waals surface area contributed by atoms with Gasteiger partial charge in [0.15, 0.2) is 0 Å². The lowest BCUT2D eigenvalue weighted by molar-refractivity contribution is -0.384. The highest BCUT2D eigenvalue weighted by Gasteiger charge is 2.30. The second kappa shape index (κ2) is 11.8. The van der Waals surface area contributed by atoms with Crippen molar-refractivity contribution in [2.45, 2.75) is 45.6 Å². The highest BCUT2D eigenvalue weighted by atomic mass is 35.5. The molecule has 1 aromatic carbocycles. The summed E-state index contributed by atoms with van der Waals surface area (Å²) in [5.41, 5.74) is 1.43. The minimum absolute atomic E-state index is 0.0528. The second-order valence-corrected chi connectivity index (χ2v) is 12.7. The Balaban J connectivity index is 1.21. The van der Waals surface area contributed by atoms with Crippen molar-refractivity contribution in [3.8, 4) is 0 Å². The molecule has 0 bridgehead atoms. The lowest BCUT2D eigenvalue weighted by Crippen LogP contribution is -2.50. The molecule has 3 heterocycles. The molecule has 1 aliphatic carbocycles. The molecule has 3 aromatic rings. The van der Waals surface area contributed by atoms with E-state index < -0.39 is 10.9 Å². The summed E-state index contributed by atoms with van der Waals surface area (Å²) in [6.45, 7) is 5.57. The molecule has 1 fully saturated rings. The van der Waals surface area contributed by atoms with E-state index in [1.54, 1.807) is 24.8 Å². The third kappa shape index (κ3) is 5.85. The smallest absolute Gasteiger partial charge is 0.341 e. The highest BCUT2D eigenvalue weighted by Crippen LogP contribution is 2.39. The average molecular weight is 605 g/mol. The number of nitrogens with one attached hydrogen (secondary N) is 1. The number of esters is 1. The van der Waals surface area contributed by atoms with E-state index >= 15 is 0 Å². The highest BCUT2D eigenvalue weighted by molar-refractivity contribution is 7.21. The SMILES string of the molecule is CC(C)OC(=O)c1c(NC(=O)CN2CCN(C(=O)c3sc4cc([N+](=O)[O-])ccc4c3Cl)CC2)sc2c1CCCC2. The van der Waals surface area contributed by atoms with Crippen LogP contribution in [-0.2, 0) is 22.4 Å². The molecule has 0 saturated carbocycles. The van der Waals surface area contributed by atoms with Gasteiger partial charge in [0, 0.05) is 53.3 Å². The van der Waals surface area contributed by atoms with Crippen molar-refractivity contribution in [1.82, 2.24) is 9.80 Å². The molecule has 0 radical (unpaired) electrons. The molecule has 0 atom stereocenters. The molecule has 13 heteroatoms. The number of piperazine rings is 1. The number of anilines is 1. The predicted molar refractivity (Wildman–Crippen MR) is 156 cm³/mol. The number of carbonyl (C=O) groups is 3. The number of ether oxygens (including phenoxy) is 1. The molecule has 1 aliphatic heterocycles. The van der Waals surface area contributed by atoms with Gasteiger partial charge < -0.3 is 15.0 Å². The van der Waals surface area contributed by atoms with Crippen LogP contribution in [0.25, 0.3) is 10.1 Å². The van der Waals surface area contributed by atoms with Crippen LogP contribution in [-0.4, -0.2) is 71.3 Å². The summed E-state index contributed by atoms with van der Waals surface area (Å²) in [5, 5.41) is 15.5. The zero-order chi connectivity index (χ0) is 28.6. The standard InChI is InChI=1S/C27H29ClN4O6S2/c1-15(2)38-27(35)22-17-5-3-4-6-19(17)40-25(22)29-21(33)14-30-9-11-31(12-10-30)26(34)24-23(28)18-8-7-16(32(36)37)13-20(18)39-24/h7-8,13,15H,3-6,9-12,14H2,1-2H3,(H,29,33). The fourth-order valence-corrected chi connectivity index (χ4v) is 7.88. The number of nitro benzene ring substituents is 1. The molecule has 0 unspecified atom stereocenters. The summed E-state index contributed by atoms with van der Waals surface area (Å²) in [4.78, 5) is 54.9. The Bertz CT molecular complexity index is 1490. The summed E-state index contributed by atoms with van der Waals surface area (Å²) in [5.74, 6) is -0.840. The third-order valence-electron chi connectivity index (χ3n) is 7.02.